The van der Waals surface area contributed by atoms with Crippen LogP contribution in [0.25, 0.3) is 0 Å². The van der Waals surface area contributed by atoms with Gasteiger partial charge in [0.25, 0.3) is 0 Å². The van der Waals surface area contributed by atoms with Crippen LogP contribution in [-0.2, 0) is 6.42 Å². The third kappa shape index (κ3) is 1.90. The maximum Gasteiger partial charge on any atom is 0.231 e. The number of rotatable bonds is 3. The van der Waals surface area contributed by atoms with Crippen molar-refractivity contribution in [1.82, 2.24) is 0 Å². The fourth-order valence-corrected chi connectivity index (χ4v) is 2.07. The van der Waals surface area contributed by atoms with Gasteiger partial charge in [-0.25, -0.2) is 0 Å². The van der Waals surface area contributed by atoms with Gasteiger partial charge < -0.3 is 19.3 Å². The van der Waals surface area contributed by atoms with Crippen LogP contribution in [0, 0.1) is 0 Å². The molecule has 16 heavy (non-hydrogen) atoms. The van der Waals surface area contributed by atoms with E-state index >= 15 is 0 Å². The van der Waals surface area contributed by atoms with Crippen LogP contribution in [0.4, 0.5) is 0 Å². The highest BCUT2D eigenvalue weighted by Gasteiger charge is 2.24. The summed E-state index contributed by atoms with van der Waals surface area (Å²) in [5.74, 6) is 1.64. The van der Waals surface area contributed by atoms with E-state index in [-0.39, 0.29) is 6.79 Å². The van der Waals surface area contributed by atoms with Crippen molar-refractivity contribution in [2.45, 2.75) is 19.4 Å². The lowest BCUT2D eigenvalue weighted by Crippen LogP contribution is -2.06. The molecule has 1 aliphatic rings. The average molecular weight is 245 g/mol. The van der Waals surface area contributed by atoms with Gasteiger partial charge in [0, 0.05) is 12.0 Å². The monoisotopic (exact) mass is 244 g/mol. The second kappa shape index (κ2) is 4.39. The minimum absolute atomic E-state index is 0.163. The summed E-state index contributed by atoms with van der Waals surface area (Å²) in [6, 6.07) is 1.79. The first-order valence-electron chi connectivity index (χ1n) is 4.96. The van der Waals surface area contributed by atoms with E-state index in [0.29, 0.717) is 28.7 Å². The van der Waals surface area contributed by atoms with E-state index < -0.39 is 6.10 Å². The highest BCUT2D eigenvalue weighted by molar-refractivity contribution is 6.34. The molecule has 0 fully saturated rings. The van der Waals surface area contributed by atoms with Gasteiger partial charge in [0.15, 0.2) is 11.5 Å². The summed E-state index contributed by atoms with van der Waals surface area (Å²) < 4.78 is 15.7. The van der Waals surface area contributed by atoms with Crippen LogP contribution < -0.4 is 14.2 Å². The van der Waals surface area contributed by atoms with Gasteiger partial charge in [-0.2, -0.15) is 0 Å². The summed E-state index contributed by atoms with van der Waals surface area (Å²) in [5.41, 5.74) is 0.812. The van der Waals surface area contributed by atoms with Crippen LogP contribution in [0.3, 0.4) is 0 Å². The Morgan fingerprint density at radius 2 is 2.31 bits per heavy atom. The predicted molar refractivity (Wildman–Crippen MR) is 59.5 cm³/mol. The Labute approximate surface area is 98.7 Å². The fraction of sp³-hybridized carbons (Fsp3) is 0.455. The third-order valence-electron chi connectivity index (χ3n) is 2.36. The Hall–Kier alpha value is -1.13. The summed E-state index contributed by atoms with van der Waals surface area (Å²) >= 11 is 6.13. The lowest BCUT2D eigenvalue weighted by atomic mass is 10.1. The Morgan fingerprint density at radius 1 is 1.56 bits per heavy atom. The summed E-state index contributed by atoms with van der Waals surface area (Å²) in [6.07, 6.45) is -0.00941. The molecular formula is C11H13ClO4. The second-order valence-corrected chi connectivity index (χ2v) is 4.05. The van der Waals surface area contributed by atoms with Gasteiger partial charge in [-0.15, -0.1) is 0 Å². The highest BCUT2D eigenvalue weighted by atomic mass is 35.5. The zero-order chi connectivity index (χ0) is 11.7. The number of ether oxygens (including phenoxy) is 3. The minimum Gasteiger partial charge on any atom is -0.495 e. The van der Waals surface area contributed by atoms with Crippen molar-refractivity contribution in [2.75, 3.05) is 13.9 Å². The molecule has 0 aliphatic carbocycles. The molecule has 0 saturated heterocycles. The molecular weight excluding hydrogens is 232 g/mol. The molecule has 0 saturated carbocycles. The average Bonchev–Trinajstić information content (AvgIpc) is 2.65. The Morgan fingerprint density at radius 3 is 2.94 bits per heavy atom. The van der Waals surface area contributed by atoms with Gasteiger partial charge in [-0.1, -0.05) is 11.6 Å². The molecule has 0 radical (unpaired) electrons. The SMILES string of the molecule is COc1c(CC(C)O)cc2c(c1Cl)OCO2. The Balaban J connectivity index is 2.48. The number of hydrogen-bond acceptors (Lipinski definition) is 4. The van der Waals surface area contributed by atoms with Crippen LogP contribution in [-0.4, -0.2) is 25.1 Å². The normalized spacial score (nSPS) is 15.0. The maximum absolute atomic E-state index is 9.39. The maximum atomic E-state index is 9.39. The number of fused-ring (bicyclic) bond motifs is 1. The Kier molecular flexibility index (Phi) is 3.12. The summed E-state index contributed by atoms with van der Waals surface area (Å²) in [4.78, 5) is 0. The van der Waals surface area contributed by atoms with Gasteiger partial charge in [-0.3, -0.25) is 0 Å². The first-order chi connectivity index (χ1) is 7.63. The van der Waals surface area contributed by atoms with Crippen LogP contribution >= 0.6 is 11.6 Å². The molecule has 1 atom stereocenters. The lowest BCUT2D eigenvalue weighted by Gasteiger charge is -2.13. The first-order valence-corrected chi connectivity index (χ1v) is 5.34. The molecule has 0 aromatic heterocycles. The van der Waals surface area contributed by atoms with Crippen molar-refractivity contribution in [2.24, 2.45) is 0 Å². The van der Waals surface area contributed by atoms with E-state index in [1.807, 2.05) is 0 Å². The van der Waals surface area contributed by atoms with Crippen LogP contribution in [0.15, 0.2) is 6.07 Å². The molecule has 2 rings (SSSR count). The number of aliphatic hydroxyl groups excluding tert-OH is 1. The van der Waals surface area contributed by atoms with Crippen molar-refractivity contribution in [3.63, 3.8) is 0 Å². The van der Waals surface area contributed by atoms with Crippen molar-refractivity contribution in [3.05, 3.63) is 16.7 Å². The molecule has 1 aromatic carbocycles. The van der Waals surface area contributed by atoms with E-state index in [4.69, 9.17) is 25.8 Å². The zero-order valence-corrected chi connectivity index (χ0v) is 9.87. The van der Waals surface area contributed by atoms with Crippen molar-refractivity contribution in [3.8, 4) is 17.2 Å². The molecule has 0 amide bonds. The van der Waals surface area contributed by atoms with E-state index in [0.717, 1.165) is 5.56 Å². The summed E-state index contributed by atoms with van der Waals surface area (Å²) in [6.45, 7) is 1.87. The number of benzene rings is 1. The van der Waals surface area contributed by atoms with Gasteiger partial charge >= 0.3 is 0 Å². The smallest absolute Gasteiger partial charge is 0.231 e. The largest absolute Gasteiger partial charge is 0.495 e. The second-order valence-electron chi connectivity index (χ2n) is 3.67. The Bertz CT molecular complexity index is 403. The van der Waals surface area contributed by atoms with E-state index in [9.17, 15) is 5.11 Å². The van der Waals surface area contributed by atoms with E-state index in [1.165, 1.54) is 7.11 Å². The number of aliphatic hydroxyl groups is 1. The molecule has 88 valence electrons. The van der Waals surface area contributed by atoms with Gasteiger partial charge in [0.05, 0.1) is 13.2 Å². The topological polar surface area (TPSA) is 47.9 Å². The minimum atomic E-state index is -0.467. The van der Waals surface area contributed by atoms with Crippen molar-refractivity contribution < 1.29 is 19.3 Å². The standard InChI is InChI=1S/C11H13ClO4/c1-6(13)3-7-4-8-11(16-5-15-8)9(12)10(7)14-2/h4,6,13H,3,5H2,1-2H3. The lowest BCUT2D eigenvalue weighted by molar-refractivity contribution is 0.174. The molecule has 5 heteroatoms. The first kappa shape index (κ1) is 11.4. The van der Waals surface area contributed by atoms with Crippen LogP contribution in [0.1, 0.15) is 12.5 Å². The summed E-state index contributed by atoms with van der Waals surface area (Å²) in [5, 5.41) is 9.79. The molecule has 1 heterocycles. The van der Waals surface area contributed by atoms with E-state index in [1.54, 1.807) is 13.0 Å². The third-order valence-corrected chi connectivity index (χ3v) is 2.70. The molecule has 4 nitrogen and oxygen atoms in total. The predicted octanol–water partition coefficient (Wildman–Crippen LogP) is 2.00. The molecule has 0 bridgehead atoms. The molecule has 0 spiro atoms. The van der Waals surface area contributed by atoms with Gasteiger partial charge in [-0.05, 0) is 13.0 Å². The van der Waals surface area contributed by atoms with E-state index in [2.05, 4.69) is 0 Å². The fourth-order valence-electron chi connectivity index (χ4n) is 1.73. The van der Waals surface area contributed by atoms with Crippen molar-refractivity contribution >= 4 is 11.6 Å². The quantitative estimate of drug-likeness (QED) is 0.884. The molecule has 1 aromatic rings. The van der Waals surface area contributed by atoms with Gasteiger partial charge in [0.2, 0.25) is 6.79 Å². The molecule has 1 aliphatic heterocycles. The van der Waals surface area contributed by atoms with Crippen LogP contribution in [0.2, 0.25) is 5.02 Å². The van der Waals surface area contributed by atoms with Crippen LogP contribution in [0.5, 0.6) is 17.2 Å². The molecule has 1 unspecified atom stereocenters. The number of methoxy groups -OCH3 is 1. The van der Waals surface area contributed by atoms with Crippen molar-refractivity contribution in [1.29, 1.82) is 0 Å². The zero-order valence-electron chi connectivity index (χ0n) is 9.12. The van der Waals surface area contributed by atoms with Gasteiger partial charge in [0.1, 0.15) is 10.8 Å². The summed E-state index contributed by atoms with van der Waals surface area (Å²) in [7, 11) is 1.54. The molecule has 1 N–H and O–H groups in total. The highest BCUT2D eigenvalue weighted by Crippen LogP contribution is 2.46. The number of halogens is 1. The number of hydrogen-bond donors (Lipinski definition) is 1.